The van der Waals surface area contributed by atoms with E-state index in [1.807, 2.05) is 45.0 Å². The zero-order valence-corrected chi connectivity index (χ0v) is 22.5. The number of hydrogen-bond acceptors (Lipinski definition) is 5. The standard InChI is InChI=1S/C30H32N4O5/c1-5-20(3)32-27(35)18-33-26-16-22(28(36)31-17-21-8-6-19(2)7-9-21)10-15-25(26)29(37)34(30(33)38)23-11-13-24(39-4)14-12-23/h6-16,20H,5,17-18H2,1-4H3,(H,31,36)(H,32,35)/t20-/m0/s1. The van der Waals surface area contributed by atoms with E-state index in [0.29, 0.717) is 18.0 Å². The molecule has 2 amide bonds. The molecule has 0 bridgehead atoms. The summed E-state index contributed by atoms with van der Waals surface area (Å²) in [6, 6.07) is 18.8. The number of hydrogen-bond donors (Lipinski definition) is 2. The highest BCUT2D eigenvalue weighted by molar-refractivity contribution is 5.98. The van der Waals surface area contributed by atoms with Crippen molar-refractivity contribution in [3.05, 3.63) is 104 Å². The van der Waals surface area contributed by atoms with Crippen LogP contribution in [-0.4, -0.2) is 34.1 Å². The average molecular weight is 529 g/mol. The van der Waals surface area contributed by atoms with E-state index in [1.54, 1.807) is 30.3 Å². The zero-order valence-electron chi connectivity index (χ0n) is 22.5. The molecule has 4 aromatic rings. The molecule has 9 heteroatoms. The van der Waals surface area contributed by atoms with Crippen molar-refractivity contribution in [2.24, 2.45) is 0 Å². The maximum Gasteiger partial charge on any atom is 0.336 e. The van der Waals surface area contributed by atoms with Crippen LogP contribution < -0.4 is 26.6 Å². The fourth-order valence-corrected chi connectivity index (χ4v) is 4.18. The third kappa shape index (κ3) is 6.09. The lowest BCUT2D eigenvalue weighted by atomic mass is 10.1. The number of carbonyl (C=O) groups excluding carboxylic acids is 2. The molecule has 39 heavy (non-hydrogen) atoms. The van der Waals surface area contributed by atoms with Crippen LogP contribution in [0.25, 0.3) is 16.6 Å². The van der Waals surface area contributed by atoms with E-state index < -0.39 is 11.2 Å². The predicted octanol–water partition coefficient (Wildman–Crippen LogP) is 3.31. The molecule has 0 aliphatic carbocycles. The molecule has 1 aromatic heterocycles. The molecule has 3 aromatic carbocycles. The highest BCUT2D eigenvalue weighted by Gasteiger charge is 2.19. The molecule has 0 fully saturated rings. The third-order valence-electron chi connectivity index (χ3n) is 6.63. The Kier molecular flexibility index (Phi) is 8.29. The molecule has 0 saturated carbocycles. The van der Waals surface area contributed by atoms with Gasteiger partial charge in [-0.1, -0.05) is 36.8 Å². The molecule has 4 rings (SSSR count). The van der Waals surface area contributed by atoms with Crippen molar-refractivity contribution >= 4 is 22.7 Å². The van der Waals surface area contributed by atoms with Crippen LogP contribution in [-0.2, 0) is 17.9 Å². The Balaban J connectivity index is 1.78. The van der Waals surface area contributed by atoms with Gasteiger partial charge in [0.2, 0.25) is 5.91 Å². The van der Waals surface area contributed by atoms with Crippen molar-refractivity contribution < 1.29 is 14.3 Å². The van der Waals surface area contributed by atoms with Crippen LogP contribution in [0.15, 0.2) is 76.3 Å². The van der Waals surface area contributed by atoms with Crippen molar-refractivity contribution in [2.75, 3.05) is 7.11 Å². The topological polar surface area (TPSA) is 111 Å². The van der Waals surface area contributed by atoms with Crippen molar-refractivity contribution in [2.45, 2.75) is 46.3 Å². The molecule has 0 aliphatic heterocycles. The van der Waals surface area contributed by atoms with Crippen molar-refractivity contribution in [3.8, 4) is 11.4 Å². The minimum absolute atomic E-state index is 0.0879. The summed E-state index contributed by atoms with van der Waals surface area (Å²) in [6.07, 6.45) is 0.720. The van der Waals surface area contributed by atoms with Crippen LogP contribution in [0.3, 0.4) is 0 Å². The highest BCUT2D eigenvalue weighted by atomic mass is 16.5. The summed E-state index contributed by atoms with van der Waals surface area (Å²) >= 11 is 0. The molecule has 0 spiro atoms. The summed E-state index contributed by atoms with van der Waals surface area (Å²) in [5.41, 5.74) is 1.64. The van der Waals surface area contributed by atoms with Crippen LogP contribution >= 0.6 is 0 Å². The van der Waals surface area contributed by atoms with E-state index in [0.717, 1.165) is 22.1 Å². The first kappa shape index (κ1) is 27.4. The summed E-state index contributed by atoms with van der Waals surface area (Å²) in [4.78, 5) is 53.0. The number of aryl methyl sites for hydroxylation is 1. The number of fused-ring (bicyclic) bond motifs is 1. The largest absolute Gasteiger partial charge is 0.497 e. The predicted molar refractivity (Wildman–Crippen MR) is 151 cm³/mol. The van der Waals surface area contributed by atoms with Crippen LogP contribution in [0.4, 0.5) is 0 Å². The molecular formula is C30H32N4O5. The summed E-state index contributed by atoms with van der Waals surface area (Å²) < 4.78 is 7.44. The number of carbonyl (C=O) groups is 2. The second-order valence-corrected chi connectivity index (χ2v) is 9.48. The van der Waals surface area contributed by atoms with Crippen LogP contribution in [0.5, 0.6) is 5.75 Å². The van der Waals surface area contributed by atoms with Gasteiger partial charge in [-0.15, -0.1) is 0 Å². The Morgan fingerprint density at radius 3 is 2.31 bits per heavy atom. The van der Waals surface area contributed by atoms with Crippen LogP contribution in [0.2, 0.25) is 0 Å². The minimum atomic E-state index is -0.686. The first-order valence-electron chi connectivity index (χ1n) is 12.8. The Labute approximate surface area is 226 Å². The molecule has 0 unspecified atom stereocenters. The number of benzene rings is 3. The fraction of sp³-hybridized carbons (Fsp3) is 0.267. The molecule has 0 saturated heterocycles. The average Bonchev–Trinajstić information content (AvgIpc) is 2.94. The molecule has 0 aliphatic rings. The van der Waals surface area contributed by atoms with E-state index >= 15 is 0 Å². The quantitative estimate of drug-likeness (QED) is 0.346. The second kappa shape index (κ2) is 11.8. The van der Waals surface area contributed by atoms with E-state index in [4.69, 9.17) is 4.74 Å². The van der Waals surface area contributed by atoms with Gasteiger partial charge in [-0.25, -0.2) is 9.36 Å². The van der Waals surface area contributed by atoms with E-state index in [9.17, 15) is 19.2 Å². The smallest absolute Gasteiger partial charge is 0.336 e. The normalized spacial score (nSPS) is 11.7. The number of ether oxygens (including phenoxy) is 1. The lowest BCUT2D eigenvalue weighted by molar-refractivity contribution is -0.122. The summed E-state index contributed by atoms with van der Waals surface area (Å²) in [7, 11) is 1.52. The molecule has 1 heterocycles. The van der Waals surface area contributed by atoms with Gasteiger partial charge in [0.15, 0.2) is 0 Å². The SMILES string of the molecule is CC[C@H](C)NC(=O)Cn1c(=O)n(-c2ccc(OC)cc2)c(=O)c2ccc(C(=O)NCc3ccc(C)cc3)cc21. The minimum Gasteiger partial charge on any atom is -0.497 e. The van der Waals surface area contributed by atoms with Crippen molar-refractivity contribution in [1.82, 2.24) is 19.8 Å². The molecule has 9 nitrogen and oxygen atoms in total. The number of nitrogens with one attached hydrogen (secondary N) is 2. The summed E-state index contributed by atoms with van der Waals surface area (Å²) in [5.74, 6) is -0.163. The molecule has 202 valence electrons. The third-order valence-corrected chi connectivity index (χ3v) is 6.63. The van der Waals surface area contributed by atoms with Crippen LogP contribution in [0, 0.1) is 6.92 Å². The number of amides is 2. The van der Waals surface area contributed by atoms with E-state index in [1.165, 1.54) is 23.8 Å². The Hall–Kier alpha value is -4.66. The number of nitrogens with zero attached hydrogens (tertiary/aromatic N) is 2. The van der Waals surface area contributed by atoms with Gasteiger partial charge in [0.05, 0.1) is 23.7 Å². The van der Waals surface area contributed by atoms with Crippen LogP contribution in [0.1, 0.15) is 41.8 Å². The molecule has 2 N–H and O–H groups in total. The van der Waals surface area contributed by atoms with Crippen molar-refractivity contribution in [3.63, 3.8) is 0 Å². The summed E-state index contributed by atoms with van der Waals surface area (Å²) in [5, 5.41) is 5.93. The molecule has 1 atom stereocenters. The first-order chi connectivity index (χ1) is 18.7. The van der Waals surface area contributed by atoms with Gasteiger partial charge in [0.25, 0.3) is 11.5 Å². The molecular weight excluding hydrogens is 496 g/mol. The Morgan fingerprint density at radius 1 is 0.974 bits per heavy atom. The Morgan fingerprint density at radius 2 is 1.67 bits per heavy atom. The lowest BCUT2D eigenvalue weighted by Gasteiger charge is -2.17. The van der Waals surface area contributed by atoms with Gasteiger partial charge in [-0.2, -0.15) is 0 Å². The highest BCUT2D eigenvalue weighted by Crippen LogP contribution is 2.16. The zero-order chi connectivity index (χ0) is 28.1. The van der Waals surface area contributed by atoms with Gasteiger partial charge in [0.1, 0.15) is 12.3 Å². The Bertz CT molecular complexity index is 1620. The van der Waals surface area contributed by atoms with Gasteiger partial charge >= 0.3 is 5.69 Å². The first-order valence-corrected chi connectivity index (χ1v) is 12.8. The number of aromatic nitrogens is 2. The fourth-order valence-electron chi connectivity index (χ4n) is 4.18. The maximum absolute atomic E-state index is 13.7. The monoisotopic (exact) mass is 528 g/mol. The van der Waals surface area contributed by atoms with Gasteiger partial charge in [-0.3, -0.25) is 19.0 Å². The van der Waals surface area contributed by atoms with Gasteiger partial charge in [0, 0.05) is 18.2 Å². The van der Waals surface area contributed by atoms with Gasteiger partial charge in [-0.05, 0) is 68.3 Å². The molecule has 0 radical (unpaired) electrons. The van der Waals surface area contributed by atoms with Crippen molar-refractivity contribution in [1.29, 1.82) is 0 Å². The van der Waals surface area contributed by atoms with Gasteiger partial charge < -0.3 is 15.4 Å². The number of rotatable bonds is 9. The number of methoxy groups -OCH3 is 1. The van der Waals surface area contributed by atoms with E-state index in [2.05, 4.69) is 10.6 Å². The van der Waals surface area contributed by atoms with E-state index in [-0.39, 0.29) is 40.9 Å². The lowest BCUT2D eigenvalue weighted by Crippen LogP contribution is -2.43. The maximum atomic E-state index is 13.7. The summed E-state index contributed by atoms with van der Waals surface area (Å²) in [6.45, 7) is 5.80. The second-order valence-electron chi connectivity index (χ2n) is 9.48.